The van der Waals surface area contributed by atoms with Gasteiger partial charge in [0.1, 0.15) is 5.82 Å². The van der Waals surface area contributed by atoms with Gasteiger partial charge in [-0.05, 0) is 43.7 Å². The molecule has 0 fully saturated rings. The molecule has 1 aliphatic rings. The van der Waals surface area contributed by atoms with Crippen LogP contribution in [0.25, 0.3) is 5.69 Å². The van der Waals surface area contributed by atoms with E-state index >= 15 is 0 Å². The average molecular weight is 449 g/mol. The first kappa shape index (κ1) is 23.2. The second kappa shape index (κ2) is 9.87. The Balaban J connectivity index is 1.69. The van der Waals surface area contributed by atoms with Crippen LogP contribution >= 0.6 is 0 Å². The van der Waals surface area contributed by atoms with Crippen LogP contribution in [0.4, 0.5) is 4.39 Å². The maximum Gasteiger partial charge on any atom is 0.225 e. The minimum absolute atomic E-state index is 0.0722. The first-order chi connectivity index (χ1) is 15.8. The summed E-state index contributed by atoms with van der Waals surface area (Å²) >= 11 is 0. The molecule has 174 valence electrons. The van der Waals surface area contributed by atoms with E-state index in [9.17, 15) is 9.18 Å². The predicted molar refractivity (Wildman–Crippen MR) is 128 cm³/mol. The summed E-state index contributed by atoms with van der Waals surface area (Å²) in [4.78, 5) is 17.3. The van der Waals surface area contributed by atoms with Crippen molar-refractivity contribution in [2.45, 2.75) is 59.8 Å². The highest BCUT2D eigenvalue weighted by molar-refractivity contribution is 5.78. The topological polar surface area (TPSA) is 41.4 Å². The third kappa shape index (κ3) is 5.17. The Hall–Kier alpha value is -2.99. The van der Waals surface area contributed by atoms with Crippen molar-refractivity contribution < 1.29 is 9.18 Å². The van der Waals surface area contributed by atoms with Crippen LogP contribution < -0.4 is 0 Å². The third-order valence-electron chi connectivity index (χ3n) is 6.26. The van der Waals surface area contributed by atoms with Crippen molar-refractivity contribution in [3.8, 4) is 5.69 Å². The SMILES string of the molecule is CC(C)C(=O)N(Cc1nn(-c2ccc(F)cc2)c2c1CN(Cc1ccccc1)CC2)C(C)C. The van der Waals surface area contributed by atoms with Gasteiger partial charge in [0.25, 0.3) is 0 Å². The van der Waals surface area contributed by atoms with Gasteiger partial charge in [-0.2, -0.15) is 5.10 Å². The van der Waals surface area contributed by atoms with Gasteiger partial charge in [0.15, 0.2) is 0 Å². The fourth-order valence-corrected chi connectivity index (χ4v) is 4.45. The molecule has 0 N–H and O–H groups in total. The molecular formula is C27H33FN4O. The van der Waals surface area contributed by atoms with E-state index in [1.807, 2.05) is 43.3 Å². The maximum atomic E-state index is 13.5. The average Bonchev–Trinajstić information content (AvgIpc) is 3.15. The monoisotopic (exact) mass is 448 g/mol. The Labute approximate surface area is 195 Å². The lowest BCUT2D eigenvalue weighted by Gasteiger charge is -2.30. The summed E-state index contributed by atoms with van der Waals surface area (Å²) in [7, 11) is 0. The molecule has 0 aliphatic carbocycles. The lowest BCUT2D eigenvalue weighted by molar-refractivity contribution is -0.136. The molecule has 2 aromatic carbocycles. The van der Waals surface area contributed by atoms with Crippen molar-refractivity contribution in [2.75, 3.05) is 6.54 Å². The highest BCUT2D eigenvalue weighted by Crippen LogP contribution is 2.28. The molecule has 6 heteroatoms. The van der Waals surface area contributed by atoms with Gasteiger partial charge in [0, 0.05) is 43.6 Å². The van der Waals surface area contributed by atoms with Crippen LogP contribution in [0.15, 0.2) is 54.6 Å². The number of carbonyl (C=O) groups excluding carboxylic acids is 1. The summed E-state index contributed by atoms with van der Waals surface area (Å²) < 4.78 is 15.5. The Bertz CT molecular complexity index is 1090. The fraction of sp³-hybridized carbons (Fsp3) is 0.407. The predicted octanol–water partition coefficient (Wildman–Crippen LogP) is 4.96. The van der Waals surface area contributed by atoms with Crippen LogP contribution in [-0.4, -0.2) is 38.1 Å². The van der Waals surface area contributed by atoms with Crippen molar-refractivity contribution in [1.82, 2.24) is 19.6 Å². The van der Waals surface area contributed by atoms with Crippen molar-refractivity contribution in [1.29, 1.82) is 0 Å². The van der Waals surface area contributed by atoms with E-state index < -0.39 is 0 Å². The van der Waals surface area contributed by atoms with Crippen molar-refractivity contribution in [3.63, 3.8) is 0 Å². The van der Waals surface area contributed by atoms with Gasteiger partial charge >= 0.3 is 0 Å². The second-order valence-electron chi connectivity index (χ2n) is 9.42. The molecule has 0 radical (unpaired) electrons. The zero-order chi connectivity index (χ0) is 23.5. The van der Waals surface area contributed by atoms with E-state index in [0.29, 0.717) is 6.54 Å². The fourth-order valence-electron chi connectivity index (χ4n) is 4.45. The highest BCUT2D eigenvalue weighted by atomic mass is 19.1. The molecule has 0 saturated carbocycles. The molecule has 1 aliphatic heterocycles. The number of fused-ring (bicyclic) bond motifs is 1. The zero-order valence-electron chi connectivity index (χ0n) is 20.0. The Morgan fingerprint density at radius 2 is 1.76 bits per heavy atom. The molecule has 3 aromatic rings. The zero-order valence-corrected chi connectivity index (χ0v) is 20.0. The van der Waals surface area contributed by atoms with Crippen LogP contribution in [-0.2, 0) is 30.8 Å². The van der Waals surface area contributed by atoms with Gasteiger partial charge < -0.3 is 4.90 Å². The molecule has 1 amide bonds. The maximum absolute atomic E-state index is 13.5. The Morgan fingerprint density at radius 3 is 2.39 bits per heavy atom. The van der Waals surface area contributed by atoms with E-state index in [1.54, 1.807) is 12.1 Å². The van der Waals surface area contributed by atoms with Gasteiger partial charge in [-0.3, -0.25) is 9.69 Å². The molecule has 0 bridgehead atoms. The molecule has 0 saturated heterocycles. The number of aromatic nitrogens is 2. The van der Waals surface area contributed by atoms with Crippen LogP contribution in [0.1, 0.15) is 50.2 Å². The lowest BCUT2D eigenvalue weighted by atomic mass is 10.0. The largest absolute Gasteiger partial charge is 0.334 e. The van der Waals surface area contributed by atoms with Crippen LogP contribution in [0.5, 0.6) is 0 Å². The first-order valence-electron chi connectivity index (χ1n) is 11.8. The third-order valence-corrected chi connectivity index (χ3v) is 6.26. The number of hydrogen-bond acceptors (Lipinski definition) is 3. The van der Waals surface area contributed by atoms with Crippen LogP contribution in [0, 0.1) is 11.7 Å². The molecule has 33 heavy (non-hydrogen) atoms. The smallest absolute Gasteiger partial charge is 0.225 e. The normalized spacial score (nSPS) is 14.0. The molecule has 1 aromatic heterocycles. The first-order valence-corrected chi connectivity index (χ1v) is 11.8. The van der Waals surface area contributed by atoms with Gasteiger partial charge in [-0.25, -0.2) is 9.07 Å². The van der Waals surface area contributed by atoms with Gasteiger partial charge in [-0.15, -0.1) is 0 Å². The quantitative estimate of drug-likeness (QED) is 0.513. The van der Waals surface area contributed by atoms with E-state index in [1.165, 1.54) is 23.3 Å². The highest BCUT2D eigenvalue weighted by Gasteiger charge is 2.29. The number of benzene rings is 2. The van der Waals surface area contributed by atoms with Gasteiger partial charge in [0.05, 0.1) is 23.6 Å². The van der Waals surface area contributed by atoms with Crippen molar-refractivity contribution in [2.24, 2.45) is 5.92 Å². The van der Waals surface area contributed by atoms with Crippen molar-refractivity contribution in [3.05, 3.63) is 82.9 Å². The molecule has 0 spiro atoms. The summed E-state index contributed by atoms with van der Waals surface area (Å²) in [5, 5.41) is 4.97. The van der Waals surface area contributed by atoms with E-state index in [-0.39, 0.29) is 23.7 Å². The Morgan fingerprint density at radius 1 is 1.06 bits per heavy atom. The minimum Gasteiger partial charge on any atom is -0.334 e. The Kier molecular flexibility index (Phi) is 6.94. The minimum atomic E-state index is -0.262. The molecule has 0 unspecified atom stereocenters. The van der Waals surface area contributed by atoms with E-state index in [4.69, 9.17) is 5.10 Å². The van der Waals surface area contributed by atoms with E-state index in [2.05, 4.69) is 29.2 Å². The molecule has 5 nitrogen and oxygen atoms in total. The summed E-state index contributed by atoms with van der Waals surface area (Å²) in [5.74, 6) is -0.202. The summed E-state index contributed by atoms with van der Waals surface area (Å²) in [5.41, 5.74) is 5.40. The second-order valence-corrected chi connectivity index (χ2v) is 9.42. The van der Waals surface area contributed by atoms with Crippen LogP contribution in [0.2, 0.25) is 0 Å². The van der Waals surface area contributed by atoms with Gasteiger partial charge in [-0.1, -0.05) is 44.2 Å². The summed E-state index contributed by atoms with van der Waals surface area (Å²) in [6.07, 6.45) is 0.854. The lowest BCUT2D eigenvalue weighted by Crippen LogP contribution is -2.39. The van der Waals surface area contributed by atoms with Crippen LogP contribution in [0.3, 0.4) is 0 Å². The standard InChI is InChI=1S/C27H33FN4O/c1-19(2)27(33)31(20(3)4)18-25-24-17-30(16-21-8-6-5-7-9-21)15-14-26(24)32(29-25)23-12-10-22(28)11-13-23/h5-13,19-20H,14-18H2,1-4H3. The number of rotatable bonds is 7. The summed E-state index contributed by atoms with van der Waals surface area (Å²) in [6, 6.07) is 17.0. The van der Waals surface area contributed by atoms with Crippen molar-refractivity contribution >= 4 is 5.91 Å². The number of nitrogens with zero attached hydrogens (tertiary/aromatic N) is 4. The number of amides is 1. The molecular weight excluding hydrogens is 415 g/mol. The van der Waals surface area contributed by atoms with Gasteiger partial charge in [0.2, 0.25) is 5.91 Å². The molecule has 2 heterocycles. The number of carbonyl (C=O) groups is 1. The number of hydrogen-bond donors (Lipinski definition) is 0. The molecule has 4 rings (SSSR count). The summed E-state index contributed by atoms with van der Waals surface area (Å²) in [6.45, 7) is 11.0. The van der Waals surface area contributed by atoms with E-state index in [0.717, 1.165) is 43.1 Å². The number of halogens is 1. The molecule has 0 atom stereocenters.